The molecule has 0 aliphatic heterocycles. The van der Waals surface area contributed by atoms with Crippen molar-refractivity contribution in [3.05, 3.63) is 18.0 Å². The lowest BCUT2D eigenvalue weighted by atomic mass is 9.89. The van der Waals surface area contributed by atoms with Crippen molar-refractivity contribution in [3.63, 3.8) is 0 Å². The van der Waals surface area contributed by atoms with E-state index in [0.29, 0.717) is 0 Å². The summed E-state index contributed by atoms with van der Waals surface area (Å²) in [6, 6.07) is 2.13. The molecule has 2 nitrogen and oxygen atoms in total. The minimum Gasteiger partial charge on any atom is -0.282 e. The van der Waals surface area contributed by atoms with Gasteiger partial charge in [0.15, 0.2) is 0 Å². The molecule has 13 heavy (non-hydrogen) atoms. The van der Waals surface area contributed by atoms with Crippen molar-refractivity contribution < 1.29 is 0 Å². The van der Waals surface area contributed by atoms with Crippen molar-refractivity contribution in [1.82, 2.24) is 10.2 Å². The summed E-state index contributed by atoms with van der Waals surface area (Å²) < 4.78 is 0. The highest BCUT2D eigenvalue weighted by molar-refractivity contribution is 5.05. The Kier molecular flexibility index (Phi) is 3.01. The molecule has 2 rings (SSSR count). The Morgan fingerprint density at radius 2 is 1.77 bits per heavy atom. The molecule has 1 aliphatic rings. The number of hydrogen-bond acceptors (Lipinski definition) is 1. The molecule has 1 aromatic heterocycles. The van der Waals surface area contributed by atoms with Crippen molar-refractivity contribution in [1.29, 1.82) is 0 Å². The van der Waals surface area contributed by atoms with Crippen LogP contribution in [-0.4, -0.2) is 10.2 Å². The highest BCUT2D eigenvalue weighted by Crippen LogP contribution is 2.29. The molecule has 1 saturated carbocycles. The summed E-state index contributed by atoms with van der Waals surface area (Å²) in [5, 5.41) is 7.13. The van der Waals surface area contributed by atoms with Crippen LogP contribution in [0.2, 0.25) is 0 Å². The number of aromatic amines is 1. The number of rotatable bonds is 1. The lowest BCUT2D eigenvalue weighted by Gasteiger charge is -2.17. The van der Waals surface area contributed by atoms with Gasteiger partial charge in [0.05, 0.1) is 0 Å². The van der Waals surface area contributed by atoms with Gasteiger partial charge in [0.2, 0.25) is 0 Å². The van der Waals surface area contributed by atoms with Crippen LogP contribution in [0.15, 0.2) is 12.3 Å². The van der Waals surface area contributed by atoms with E-state index in [4.69, 9.17) is 0 Å². The van der Waals surface area contributed by atoms with Gasteiger partial charge in [0.1, 0.15) is 0 Å². The fourth-order valence-corrected chi connectivity index (χ4v) is 2.26. The maximum absolute atomic E-state index is 4.03. The van der Waals surface area contributed by atoms with Gasteiger partial charge in [-0.3, -0.25) is 5.10 Å². The predicted octanol–water partition coefficient (Wildman–Crippen LogP) is 3.24. The van der Waals surface area contributed by atoms with Gasteiger partial charge in [0, 0.05) is 17.8 Å². The van der Waals surface area contributed by atoms with Crippen LogP contribution in [-0.2, 0) is 0 Å². The highest BCUT2D eigenvalue weighted by atomic mass is 15.1. The standard InChI is InChI=1S/C11H18N2/c1-2-4-6-10(7-5-3-1)11-8-9-12-13-11/h8-10H,1-7H2,(H,12,13). The molecule has 1 fully saturated rings. The number of H-pyrrole nitrogens is 1. The fraction of sp³-hybridized carbons (Fsp3) is 0.727. The van der Waals surface area contributed by atoms with Crippen LogP contribution in [0.3, 0.4) is 0 Å². The molecule has 0 spiro atoms. The van der Waals surface area contributed by atoms with Gasteiger partial charge in [-0.15, -0.1) is 0 Å². The molecule has 72 valence electrons. The van der Waals surface area contributed by atoms with Gasteiger partial charge < -0.3 is 0 Å². The molecule has 1 aliphatic carbocycles. The fourth-order valence-electron chi connectivity index (χ4n) is 2.26. The van der Waals surface area contributed by atoms with Crippen LogP contribution in [0.5, 0.6) is 0 Å². The Balaban J connectivity index is 1.96. The topological polar surface area (TPSA) is 28.7 Å². The smallest absolute Gasteiger partial charge is 0.0490 e. The predicted molar refractivity (Wildman–Crippen MR) is 53.6 cm³/mol. The molecular formula is C11H18N2. The first kappa shape index (κ1) is 8.79. The summed E-state index contributed by atoms with van der Waals surface area (Å²) in [5.41, 5.74) is 1.35. The molecule has 0 amide bonds. The second kappa shape index (κ2) is 4.45. The zero-order chi connectivity index (χ0) is 8.93. The minimum atomic E-state index is 0.753. The van der Waals surface area contributed by atoms with Crippen molar-refractivity contribution in [2.24, 2.45) is 0 Å². The van der Waals surface area contributed by atoms with Gasteiger partial charge >= 0.3 is 0 Å². The number of nitrogens with one attached hydrogen (secondary N) is 1. The van der Waals surface area contributed by atoms with Gasteiger partial charge in [-0.1, -0.05) is 32.1 Å². The van der Waals surface area contributed by atoms with E-state index in [0.717, 1.165) is 5.92 Å². The molecule has 1 aromatic rings. The van der Waals surface area contributed by atoms with E-state index >= 15 is 0 Å². The SMILES string of the molecule is c1cc(C2CCCCCCC2)[nH]n1. The monoisotopic (exact) mass is 178 g/mol. The zero-order valence-corrected chi connectivity index (χ0v) is 8.13. The third kappa shape index (κ3) is 2.33. The van der Waals surface area contributed by atoms with Gasteiger partial charge in [-0.25, -0.2) is 0 Å². The molecular weight excluding hydrogens is 160 g/mol. The summed E-state index contributed by atoms with van der Waals surface area (Å²) in [6.07, 6.45) is 11.6. The zero-order valence-electron chi connectivity index (χ0n) is 8.13. The van der Waals surface area contributed by atoms with E-state index in [1.54, 1.807) is 0 Å². The van der Waals surface area contributed by atoms with E-state index in [-0.39, 0.29) is 0 Å². The van der Waals surface area contributed by atoms with Crippen LogP contribution in [0.1, 0.15) is 56.6 Å². The van der Waals surface area contributed by atoms with E-state index in [9.17, 15) is 0 Å². The lowest BCUT2D eigenvalue weighted by Crippen LogP contribution is -2.02. The third-order valence-corrected chi connectivity index (χ3v) is 3.07. The Labute approximate surface area is 79.7 Å². The summed E-state index contributed by atoms with van der Waals surface area (Å²) in [4.78, 5) is 0. The van der Waals surface area contributed by atoms with E-state index in [2.05, 4.69) is 16.3 Å². The quantitative estimate of drug-likeness (QED) is 0.702. The maximum atomic E-state index is 4.03. The van der Waals surface area contributed by atoms with Crippen molar-refractivity contribution in [2.45, 2.75) is 50.9 Å². The van der Waals surface area contributed by atoms with Crippen LogP contribution in [0, 0.1) is 0 Å². The molecule has 0 bridgehead atoms. The van der Waals surface area contributed by atoms with Crippen molar-refractivity contribution in [2.75, 3.05) is 0 Å². The minimum absolute atomic E-state index is 0.753. The lowest BCUT2D eigenvalue weighted by molar-refractivity contribution is 0.449. The molecule has 0 saturated heterocycles. The van der Waals surface area contributed by atoms with E-state index in [1.807, 2.05) is 6.20 Å². The molecule has 1 N–H and O–H groups in total. The van der Waals surface area contributed by atoms with Gasteiger partial charge in [-0.05, 0) is 18.9 Å². The average molecular weight is 178 g/mol. The van der Waals surface area contributed by atoms with E-state index < -0.39 is 0 Å². The van der Waals surface area contributed by atoms with Crippen molar-refractivity contribution in [3.8, 4) is 0 Å². The summed E-state index contributed by atoms with van der Waals surface area (Å²) in [5.74, 6) is 0.753. The largest absolute Gasteiger partial charge is 0.282 e. The van der Waals surface area contributed by atoms with Crippen LogP contribution >= 0.6 is 0 Å². The molecule has 0 radical (unpaired) electrons. The summed E-state index contributed by atoms with van der Waals surface area (Å²) in [6.45, 7) is 0. The third-order valence-electron chi connectivity index (χ3n) is 3.07. The second-order valence-electron chi connectivity index (χ2n) is 4.05. The number of aromatic nitrogens is 2. The Hall–Kier alpha value is -0.790. The summed E-state index contributed by atoms with van der Waals surface area (Å²) in [7, 11) is 0. The van der Waals surface area contributed by atoms with Crippen LogP contribution in [0.4, 0.5) is 0 Å². The first-order valence-corrected chi connectivity index (χ1v) is 5.46. The van der Waals surface area contributed by atoms with Crippen LogP contribution < -0.4 is 0 Å². The molecule has 0 unspecified atom stereocenters. The Bertz CT molecular complexity index is 220. The van der Waals surface area contributed by atoms with Gasteiger partial charge in [0.25, 0.3) is 0 Å². The van der Waals surface area contributed by atoms with E-state index in [1.165, 1.54) is 50.6 Å². The number of hydrogen-bond donors (Lipinski definition) is 1. The normalized spacial score (nSPS) is 20.9. The van der Waals surface area contributed by atoms with Crippen LogP contribution in [0.25, 0.3) is 0 Å². The summed E-state index contributed by atoms with van der Waals surface area (Å²) >= 11 is 0. The molecule has 0 atom stereocenters. The highest BCUT2D eigenvalue weighted by Gasteiger charge is 2.13. The molecule has 0 aromatic carbocycles. The second-order valence-corrected chi connectivity index (χ2v) is 4.05. The number of nitrogens with zero attached hydrogens (tertiary/aromatic N) is 1. The molecule has 2 heteroatoms. The maximum Gasteiger partial charge on any atom is 0.0490 e. The van der Waals surface area contributed by atoms with Crippen molar-refractivity contribution >= 4 is 0 Å². The Morgan fingerprint density at radius 3 is 2.38 bits per heavy atom. The first-order valence-electron chi connectivity index (χ1n) is 5.46. The Morgan fingerprint density at radius 1 is 1.08 bits per heavy atom. The molecule has 1 heterocycles. The van der Waals surface area contributed by atoms with Gasteiger partial charge in [-0.2, -0.15) is 5.10 Å². The average Bonchev–Trinajstić information content (AvgIpc) is 2.55. The first-order chi connectivity index (χ1) is 6.47.